The Balaban J connectivity index is 3.02. The maximum Gasteiger partial charge on any atom is 0.340 e. The Kier molecular flexibility index (Phi) is 4.49. The van der Waals surface area contributed by atoms with Crippen LogP contribution in [0.25, 0.3) is 0 Å². The molecule has 0 amide bonds. The van der Waals surface area contributed by atoms with Gasteiger partial charge in [-0.05, 0) is 31.0 Å². The average molecular weight is 239 g/mol. The Morgan fingerprint density at radius 3 is 2.53 bits per heavy atom. The fourth-order valence-corrected chi connectivity index (χ4v) is 1.33. The first kappa shape index (κ1) is 13.5. The van der Waals surface area contributed by atoms with E-state index in [0.29, 0.717) is 11.6 Å². The van der Waals surface area contributed by atoms with Gasteiger partial charge in [0.25, 0.3) is 0 Å². The molecule has 0 aromatic heterocycles. The highest BCUT2D eigenvalue weighted by atomic mass is 19.1. The van der Waals surface area contributed by atoms with Crippen molar-refractivity contribution in [1.29, 1.82) is 0 Å². The minimum absolute atomic E-state index is 0.184. The van der Waals surface area contributed by atoms with Crippen LogP contribution in [0.5, 0.6) is 0 Å². The molecule has 0 heterocycles. The third-order valence-corrected chi connectivity index (χ3v) is 2.77. The van der Waals surface area contributed by atoms with E-state index in [9.17, 15) is 9.18 Å². The summed E-state index contributed by atoms with van der Waals surface area (Å²) in [6, 6.07) is 4.24. The molecule has 0 saturated carbocycles. The van der Waals surface area contributed by atoms with Crippen molar-refractivity contribution in [2.45, 2.75) is 26.8 Å². The molecule has 1 rings (SSSR count). The van der Waals surface area contributed by atoms with E-state index in [1.165, 1.54) is 19.2 Å². The van der Waals surface area contributed by atoms with E-state index >= 15 is 0 Å². The monoisotopic (exact) mass is 239 g/mol. The van der Waals surface area contributed by atoms with Crippen LogP contribution in [0, 0.1) is 11.7 Å². The first-order valence-corrected chi connectivity index (χ1v) is 5.60. The smallest absolute Gasteiger partial charge is 0.340 e. The van der Waals surface area contributed by atoms with Gasteiger partial charge in [-0.25, -0.2) is 9.18 Å². The van der Waals surface area contributed by atoms with Crippen LogP contribution in [-0.2, 0) is 4.74 Å². The molecule has 0 radical (unpaired) electrons. The van der Waals surface area contributed by atoms with Crippen LogP contribution in [0.15, 0.2) is 18.2 Å². The molecule has 94 valence electrons. The molecule has 1 aromatic rings. The number of ether oxygens (including phenoxy) is 1. The number of hydrogen-bond acceptors (Lipinski definition) is 3. The van der Waals surface area contributed by atoms with Crippen LogP contribution in [0.3, 0.4) is 0 Å². The summed E-state index contributed by atoms with van der Waals surface area (Å²) in [4.78, 5) is 11.5. The van der Waals surface area contributed by atoms with Crippen molar-refractivity contribution >= 4 is 11.7 Å². The number of nitrogens with one attached hydrogen (secondary N) is 1. The lowest BCUT2D eigenvalue weighted by atomic mass is 10.0. The van der Waals surface area contributed by atoms with Gasteiger partial charge in [-0.1, -0.05) is 13.8 Å². The van der Waals surface area contributed by atoms with E-state index in [1.807, 2.05) is 6.92 Å². The summed E-state index contributed by atoms with van der Waals surface area (Å²) in [5.41, 5.74) is 0.819. The number of hydrogen-bond donors (Lipinski definition) is 1. The first-order valence-electron chi connectivity index (χ1n) is 5.60. The Labute approximate surface area is 101 Å². The molecule has 1 atom stereocenters. The molecule has 4 heteroatoms. The lowest BCUT2D eigenvalue weighted by Crippen LogP contribution is -2.23. The zero-order valence-corrected chi connectivity index (χ0v) is 10.6. The quantitative estimate of drug-likeness (QED) is 0.821. The fraction of sp³-hybridized carbons (Fsp3) is 0.462. The second kappa shape index (κ2) is 5.66. The van der Waals surface area contributed by atoms with Gasteiger partial charge in [-0.2, -0.15) is 0 Å². The average Bonchev–Trinajstić information content (AvgIpc) is 2.30. The molecule has 1 unspecified atom stereocenters. The standard InChI is InChI=1S/C13H18FNO2/c1-8(2)9(3)15-12-6-5-10(14)7-11(12)13(16)17-4/h5-9,15H,1-4H3. The first-order chi connectivity index (χ1) is 7.95. The molecule has 0 spiro atoms. The van der Waals surface area contributed by atoms with E-state index in [-0.39, 0.29) is 11.6 Å². The molecule has 0 saturated heterocycles. The Morgan fingerprint density at radius 2 is 2.00 bits per heavy atom. The summed E-state index contributed by atoms with van der Waals surface area (Å²) >= 11 is 0. The normalized spacial score (nSPS) is 12.4. The minimum atomic E-state index is -0.539. The fourth-order valence-electron chi connectivity index (χ4n) is 1.33. The Hall–Kier alpha value is -1.58. The van der Waals surface area contributed by atoms with Crippen molar-refractivity contribution in [2.24, 2.45) is 5.92 Å². The van der Waals surface area contributed by atoms with Crippen molar-refractivity contribution < 1.29 is 13.9 Å². The molecule has 0 aliphatic carbocycles. The summed E-state index contributed by atoms with van der Waals surface area (Å²) in [7, 11) is 1.28. The molecule has 0 aliphatic rings. The van der Waals surface area contributed by atoms with Crippen LogP contribution >= 0.6 is 0 Å². The topological polar surface area (TPSA) is 38.3 Å². The molecule has 0 fully saturated rings. The van der Waals surface area contributed by atoms with E-state index in [0.717, 1.165) is 0 Å². The van der Waals surface area contributed by atoms with E-state index in [4.69, 9.17) is 0 Å². The summed E-state index contributed by atoms with van der Waals surface area (Å²) in [6.07, 6.45) is 0. The summed E-state index contributed by atoms with van der Waals surface area (Å²) < 4.78 is 17.7. The second-order valence-corrected chi connectivity index (χ2v) is 4.36. The van der Waals surface area contributed by atoms with Gasteiger partial charge >= 0.3 is 5.97 Å². The van der Waals surface area contributed by atoms with Gasteiger partial charge in [0.2, 0.25) is 0 Å². The van der Waals surface area contributed by atoms with Gasteiger partial charge in [-0.3, -0.25) is 0 Å². The largest absolute Gasteiger partial charge is 0.465 e. The van der Waals surface area contributed by atoms with Crippen molar-refractivity contribution in [2.75, 3.05) is 12.4 Å². The molecular weight excluding hydrogens is 221 g/mol. The third kappa shape index (κ3) is 3.44. The van der Waals surface area contributed by atoms with Crippen molar-refractivity contribution in [3.63, 3.8) is 0 Å². The van der Waals surface area contributed by atoms with E-state index in [1.54, 1.807) is 6.07 Å². The molecule has 1 aromatic carbocycles. The number of esters is 1. The maximum atomic E-state index is 13.1. The molecule has 0 aliphatic heterocycles. The summed E-state index contributed by atoms with van der Waals surface area (Å²) in [5.74, 6) is -0.582. The van der Waals surface area contributed by atoms with Crippen LogP contribution < -0.4 is 5.32 Å². The van der Waals surface area contributed by atoms with Gasteiger partial charge in [0.1, 0.15) is 5.82 Å². The van der Waals surface area contributed by atoms with Gasteiger partial charge in [0, 0.05) is 11.7 Å². The van der Waals surface area contributed by atoms with E-state index in [2.05, 4.69) is 23.9 Å². The highest BCUT2D eigenvalue weighted by Crippen LogP contribution is 2.20. The summed E-state index contributed by atoms with van der Waals surface area (Å²) in [6.45, 7) is 6.15. The predicted molar refractivity (Wildman–Crippen MR) is 65.7 cm³/mol. The number of carbonyl (C=O) groups excluding carboxylic acids is 1. The molecular formula is C13H18FNO2. The van der Waals surface area contributed by atoms with Gasteiger partial charge in [-0.15, -0.1) is 0 Å². The van der Waals surface area contributed by atoms with Crippen molar-refractivity contribution in [1.82, 2.24) is 0 Å². The van der Waals surface area contributed by atoms with Gasteiger partial charge in [0.05, 0.1) is 12.7 Å². The number of rotatable bonds is 4. The summed E-state index contributed by atoms with van der Waals surface area (Å²) in [5, 5.41) is 3.18. The number of anilines is 1. The Bertz CT molecular complexity index is 404. The molecule has 0 bridgehead atoms. The van der Waals surface area contributed by atoms with Gasteiger partial charge in [0.15, 0.2) is 0 Å². The minimum Gasteiger partial charge on any atom is -0.465 e. The maximum absolute atomic E-state index is 13.1. The predicted octanol–water partition coefficient (Wildman–Crippen LogP) is 3.07. The lowest BCUT2D eigenvalue weighted by Gasteiger charge is -2.20. The molecule has 17 heavy (non-hydrogen) atoms. The van der Waals surface area contributed by atoms with Crippen LogP contribution in [0.1, 0.15) is 31.1 Å². The Morgan fingerprint density at radius 1 is 1.35 bits per heavy atom. The van der Waals surface area contributed by atoms with Crippen LogP contribution in [0.4, 0.5) is 10.1 Å². The van der Waals surface area contributed by atoms with Crippen molar-refractivity contribution in [3.8, 4) is 0 Å². The lowest BCUT2D eigenvalue weighted by molar-refractivity contribution is 0.0601. The zero-order valence-electron chi connectivity index (χ0n) is 10.6. The van der Waals surface area contributed by atoms with Gasteiger partial charge < -0.3 is 10.1 Å². The number of methoxy groups -OCH3 is 1. The SMILES string of the molecule is COC(=O)c1cc(F)ccc1NC(C)C(C)C. The van der Waals surface area contributed by atoms with Crippen LogP contribution in [-0.4, -0.2) is 19.1 Å². The number of benzene rings is 1. The second-order valence-electron chi connectivity index (χ2n) is 4.36. The molecule has 3 nitrogen and oxygen atoms in total. The highest BCUT2D eigenvalue weighted by Gasteiger charge is 2.15. The van der Waals surface area contributed by atoms with E-state index < -0.39 is 11.8 Å². The highest BCUT2D eigenvalue weighted by molar-refractivity contribution is 5.95. The number of carbonyl (C=O) groups is 1. The van der Waals surface area contributed by atoms with Crippen LogP contribution in [0.2, 0.25) is 0 Å². The van der Waals surface area contributed by atoms with Crippen molar-refractivity contribution in [3.05, 3.63) is 29.6 Å². The third-order valence-electron chi connectivity index (χ3n) is 2.77. The number of halogens is 1. The zero-order chi connectivity index (χ0) is 13.0. The molecule has 1 N–H and O–H groups in total.